The molecule has 2 aromatic carbocycles. The fourth-order valence-electron chi connectivity index (χ4n) is 5.16. The van der Waals surface area contributed by atoms with E-state index >= 15 is 0 Å². The summed E-state index contributed by atoms with van der Waals surface area (Å²) in [5, 5.41) is 9.86. The number of rotatable bonds is 8. The fourth-order valence-corrected chi connectivity index (χ4v) is 5.99. The van der Waals surface area contributed by atoms with Crippen LogP contribution in [-0.4, -0.2) is 50.5 Å². The van der Waals surface area contributed by atoms with E-state index in [0.29, 0.717) is 5.75 Å². The smallest absolute Gasteiger partial charge is 0.237 e. The largest absolute Gasteiger partial charge is 0.309 e. The molecule has 178 valence electrons. The Morgan fingerprint density at radius 1 is 0.882 bits per heavy atom. The third-order valence-corrected chi connectivity index (χ3v) is 7.76. The van der Waals surface area contributed by atoms with Gasteiger partial charge in [0.2, 0.25) is 5.91 Å². The summed E-state index contributed by atoms with van der Waals surface area (Å²) in [6.07, 6.45) is 8.28. The second kappa shape index (κ2) is 11.2. The number of hydrogen-bond acceptors (Lipinski definition) is 5. The Bertz CT molecular complexity index is 1060. The number of benzene rings is 2. The van der Waals surface area contributed by atoms with Crippen LogP contribution in [0.2, 0.25) is 0 Å². The highest BCUT2D eigenvalue weighted by Crippen LogP contribution is 2.30. The van der Waals surface area contributed by atoms with Gasteiger partial charge in [0.15, 0.2) is 11.0 Å². The van der Waals surface area contributed by atoms with E-state index in [9.17, 15) is 4.79 Å². The van der Waals surface area contributed by atoms with Crippen molar-refractivity contribution in [1.82, 2.24) is 19.7 Å². The molecule has 3 aromatic rings. The lowest BCUT2D eigenvalue weighted by Gasteiger charge is -2.34. The van der Waals surface area contributed by atoms with Crippen molar-refractivity contribution >= 4 is 23.4 Å². The Morgan fingerprint density at radius 2 is 1.56 bits per heavy atom. The van der Waals surface area contributed by atoms with Gasteiger partial charge in [-0.25, -0.2) is 0 Å². The monoisotopic (exact) mass is 475 g/mol. The van der Waals surface area contributed by atoms with E-state index in [2.05, 4.69) is 43.9 Å². The van der Waals surface area contributed by atoms with Gasteiger partial charge in [0.25, 0.3) is 0 Å². The van der Waals surface area contributed by atoms with Crippen LogP contribution in [0.5, 0.6) is 0 Å². The molecule has 1 aliphatic carbocycles. The number of aromatic nitrogens is 3. The lowest BCUT2D eigenvalue weighted by atomic mass is 9.93. The molecule has 1 saturated heterocycles. The van der Waals surface area contributed by atoms with Crippen molar-refractivity contribution in [2.45, 2.75) is 62.7 Å². The normalized spacial score (nSPS) is 17.2. The summed E-state index contributed by atoms with van der Waals surface area (Å²) >= 11 is 1.50. The number of nitrogens with zero attached hydrogens (tertiary/aromatic N) is 5. The summed E-state index contributed by atoms with van der Waals surface area (Å²) in [6.45, 7) is 3.00. The Morgan fingerprint density at radius 3 is 2.26 bits per heavy atom. The van der Waals surface area contributed by atoms with Gasteiger partial charge in [-0.15, -0.1) is 10.2 Å². The zero-order valence-corrected chi connectivity index (χ0v) is 20.5. The molecule has 34 heavy (non-hydrogen) atoms. The minimum Gasteiger partial charge on any atom is -0.309 e. The van der Waals surface area contributed by atoms with E-state index in [1.54, 1.807) is 0 Å². The van der Waals surface area contributed by atoms with Gasteiger partial charge in [-0.2, -0.15) is 0 Å². The average Bonchev–Trinajstić information content (AvgIpc) is 3.55. The molecule has 0 radical (unpaired) electrons. The second-order valence-electron chi connectivity index (χ2n) is 9.23. The first-order valence-corrected chi connectivity index (χ1v) is 13.5. The summed E-state index contributed by atoms with van der Waals surface area (Å²) in [7, 11) is 0. The van der Waals surface area contributed by atoms with Gasteiger partial charge in [-0.05, 0) is 63.0 Å². The van der Waals surface area contributed by atoms with Gasteiger partial charge in [-0.3, -0.25) is 14.3 Å². The van der Waals surface area contributed by atoms with Gasteiger partial charge in [0.1, 0.15) is 0 Å². The first-order chi connectivity index (χ1) is 16.8. The van der Waals surface area contributed by atoms with E-state index in [1.807, 2.05) is 41.3 Å². The van der Waals surface area contributed by atoms with Crippen LogP contribution in [0.25, 0.3) is 5.69 Å². The number of para-hydroxylation sites is 2. The zero-order chi connectivity index (χ0) is 23.2. The second-order valence-corrected chi connectivity index (χ2v) is 10.2. The molecule has 0 N–H and O–H groups in total. The maximum Gasteiger partial charge on any atom is 0.237 e. The van der Waals surface area contributed by atoms with Crippen molar-refractivity contribution in [1.29, 1.82) is 0 Å². The van der Waals surface area contributed by atoms with Crippen molar-refractivity contribution in [2.24, 2.45) is 0 Å². The summed E-state index contributed by atoms with van der Waals surface area (Å²) in [5.41, 5.74) is 2.04. The molecule has 5 rings (SSSR count). The van der Waals surface area contributed by atoms with Crippen molar-refractivity contribution in [3.8, 4) is 5.69 Å². The lowest BCUT2D eigenvalue weighted by Crippen LogP contribution is -2.42. The molecular weight excluding hydrogens is 442 g/mol. The van der Waals surface area contributed by atoms with Crippen molar-refractivity contribution in [2.75, 3.05) is 23.7 Å². The molecular formula is C27H33N5OS. The maximum absolute atomic E-state index is 13.6. The topological polar surface area (TPSA) is 54.3 Å². The van der Waals surface area contributed by atoms with Crippen LogP contribution in [0.1, 0.15) is 50.8 Å². The highest BCUT2D eigenvalue weighted by molar-refractivity contribution is 7.99. The highest BCUT2D eigenvalue weighted by atomic mass is 32.2. The summed E-state index contributed by atoms with van der Waals surface area (Å²) < 4.78 is 2.13. The Hall–Kier alpha value is -2.64. The number of anilines is 1. The van der Waals surface area contributed by atoms with Gasteiger partial charge >= 0.3 is 0 Å². The molecule has 1 aromatic heterocycles. The van der Waals surface area contributed by atoms with E-state index < -0.39 is 0 Å². The molecule has 0 atom stereocenters. The maximum atomic E-state index is 13.6. The minimum atomic E-state index is 0.145. The van der Waals surface area contributed by atoms with E-state index in [-0.39, 0.29) is 11.9 Å². The molecule has 1 aliphatic heterocycles. The quantitative estimate of drug-likeness (QED) is 0.413. The third kappa shape index (κ3) is 5.36. The first-order valence-electron chi connectivity index (χ1n) is 12.5. The predicted octanol–water partition coefficient (Wildman–Crippen LogP) is 5.32. The van der Waals surface area contributed by atoms with E-state index in [1.165, 1.54) is 43.9 Å². The van der Waals surface area contributed by atoms with Crippen LogP contribution in [-0.2, 0) is 11.3 Å². The molecule has 1 saturated carbocycles. The molecule has 7 heteroatoms. The molecule has 2 heterocycles. The van der Waals surface area contributed by atoms with Crippen LogP contribution in [0.15, 0.2) is 65.8 Å². The van der Waals surface area contributed by atoms with Crippen LogP contribution >= 0.6 is 11.8 Å². The molecule has 6 nitrogen and oxygen atoms in total. The van der Waals surface area contributed by atoms with Gasteiger partial charge in [0.05, 0.1) is 12.3 Å². The van der Waals surface area contributed by atoms with Gasteiger partial charge in [0, 0.05) is 17.4 Å². The molecule has 0 bridgehead atoms. The number of thioether (sulfide) groups is 1. The molecule has 2 aliphatic rings. The van der Waals surface area contributed by atoms with Crippen molar-refractivity contribution in [3.63, 3.8) is 0 Å². The highest BCUT2D eigenvalue weighted by Gasteiger charge is 2.28. The third-order valence-electron chi connectivity index (χ3n) is 6.85. The standard InChI is InChI=1S/C27H33N5OS/c33-26(31(22-12-4-1-5-13-22)23-14-6-2-7-15-23)21-34-27-29-28-25(20-30-18-10-11-19-30)32(27)24-16-8-3-9-17-24/h1,3-5,8-9,12-13,16-17,23H,2,6-7,10-11,14-15,18-21H2. The predicted molar refractivity (Wildman–Crippen MR) is 137 cm³/mol. The summed E-state index contributed by atoms with van der Waals surface area (Å²) in [4.78, 5) is 18.1. The number of amides is 1. The van der Waals surface area contributed by atoms with E-state index in [4.69, 9.17) is 0 Å². The minimum absolute atomic E-state index is 0.145. The van der Waals surface area contributed by atoms with Crippen molar-refractivity contribution in [3.05, 3.63) is 66.5 Å². The number of hydrogen-bond donors (Lipinski definition) is 0. The zero-order valence-electron chi connectivity index (χ0n) is 19.7. The average molecular weight is 476 g/mol. The SMILES string of the molecule is O=C(CSc1nnc(CN2CCCC2)n1-c1ccccc1)N(c1ccccc1)C1CCCCC1. The fraction of sp³-hybridized carbons (Fsp3) is 0.444. The van der Waals surface area contributed by atoms with Gasteiger partial charge < -0.3 is 4.90 Å². The number of carbonyl (C=O) groups excluding carboxylic acids is 1. The van der Waals surface area contributed by atoms with E-state index in [0.717, 1.165) is 54.8 Å². The Labute approximate surface area is 206 Å². The number of likely N-dealkylation sites (tertiary alicyclic amines) is 1. The molecule has 0 unspecified atom stereocenters. The Kier molecular flexibility index (Phi) is 7.61. The molecule has 0 spiro atoms. The van der Waals surface area contributed by atoms with Crippen LogP contribution in [0.3, 0.4) is 0 Å². The molecule has 2 fully saturated rings. The van der Waals surface area contributed by atoms with Crippen molar-refractivity contribution < 1.29 is 4.79 Å². The molecule has 1 amide bonds. The Balaban J connectivity index is 1.37. The summed E-state index contributed by atoms with van der Waals surface area (Å²) in [6, 6.07) is 20.7. The van der Waals surface area contributed by atoms with Crippen LogP contribution in [0, 0.1) is 0 Å². The van der Waals surface area contributed by atoms with Crippen LogP contribution in [0.4, 0.5) is 5.69 Å². The first kappa shape index (κ1) is 23.1. The lowest BCUT2D eigenvalue weighted by molar-refractivity contribution is -0.116. The van der Waals surface area contributed by atoms with Crippen LogP contribution < -0.4 is 4.90 Å². The number of carbonyl (C=O) groups is 1. The summed E-state index contributed by atoms with van der Waals surface area (Å²) in [5.74, 6) is 1.43. The van der Waals surface area contributed by atoms with Gasteiger partial charge in [-0.1, -0.05) is 67.4 Å².